The van der Waals surface area contributed by atoms with Gasteiger partial charge in [-0.2, -0.15) is 0 Å². The molecule has 0 fully saturated rings. The summed E-state index contributed by atoms with van der Waals surface area (Å²) in [6, 6.07) is 1.64. The van der Waals surface area contributed by atoms with Crippen LogP contribution in [0, 0.1) is 5.41 Å². The number of halogens is 1. The zero-order valence-corrected chi connectivity index (χ0v) is 8.97. The summed E-state index contributed by atoms with van der Waals surface area (Å²) < 4.78 is 0. The van der Waals surface area contributed by atoms with Gasteiger partial charge in [0.2, 0.25) is 0 Å². The third-order valence-electron chi connectivity index (χ3n) is 2.00. The Morgan fingerprint density at radius 1 is 1.71 bits per heavy atom. The van der Waals surface area contributed by atoms with Gasteiger partial charge in [0, 0.05) is 25.4 Å². The van der Waals surface area contributed by atoms with Crippen molar-refractivity contribution in [1.82, 2.24) is 4.98 Å². The third kappa shape index (κ3) is 1.96. The lowest BCUT2D eigenvalue weighted by Crippen LogP contribution is -2.20. The average molecular weight is 213 g/mol. The van der Waals surface area contributed by atoms with Gasteiger partial charge < -0.3 is 10.6 Å². The first kappa shape index (κ1) is 10.8. The van der Waals surface area contributed by atoms with Crippen LogP contribution in [0.2, 0.25) is 5.02 Å². The van der Waals surface area contributed by atoms with E-state index in [4.69, 9.17) is 22.7 Å². The SMILES string of the molecule is CCN(C)c1nccc(C(=N)N)c1Cl. The highest BCUT2D eigenvalue weighted by Gasteiger charge is 2.11. The number of pyridine rings is 1. The van der Waals surface area contributed by atoms with Crippen molar-refractivity contribution in [3.8, 4) is 0 Å². The zero-order valence-electron chi connectivity index (χ0n) is 8.21. The van der Waals surface area contributed by atoms with Gasteiger partial charge in [-0.25, -0.2) is 4.98 Å². The van der Waals surface area contributed by atoms with E-state index in [1.54, 1.807) is 12.3 Å². The van der Waals surface area contributed by atoms with E-state index < -0.39 is 0 Å². The topological polar surface area (TPSA) is 66.0 Å². The van der Waals surface area contributed by atoms with E-state index in [1.165, 1.54) is 0 Å². The van der Waals surface area contributed by atoms with Crippen LogP contribution in [0.4, 0.5) is 5.82 Å². The minimum Gasteiger partial charge on any atom is -0.384 e. The second-order valence-electron chi connectivity index (χ2n) is 2.92. The van der Waals surface area contributed by atoms with Crippen LogP contribution < -0.4 is 10.6 Å². The second kappa shape index (κ2) is 4.28. The Kier molecular flexibility index (Phi) is 3.30. The van der Waals surface area contributed by atoms with Gasteiger partial charge >= 0.3 is 0 Å². The summed E-state index contributed by atoms with van der Waals surface area (Å²) in [5.41, 5.74) is 5.90. The average Bonchev–Trinajstić information content (AvgIpc) is 2.16. The first-order valence-corrected chi connectivity index (χ1v) is 4.65. The van der Waals surface area contributed by atoms with Gasteiger partial charge in [0.05, 0.1) is 5.02 Å². The molecule has 0 saturated carbocycles. The maximum atomic E-state index is 7.32. The Bertz CT molecular complexity index is 351. The molecule has 14 heavy (non-hydrogen) atoms. The lowest BCUT2D eigenvalue weighted by atomic mass is 10.2. The zero-order chi connectivity index (χ0) is 10.7. The number of aromatic nitrogens is 1. The molecule has 3 N–H and O–H groups in total. The Balaban J connectivity index is 3.20. The number of nitrogen functional groups attached to an aromatic ring is 1. The molecule has 0 aliphatic rings. The molecule has 0 atom stereocenters. The van der Waals surface area contributed by atoms with Crippen LogP contribution in [0.15, 0.2) is 12.3 Å². The van der Waals surface area contributed by atoms with E-state index >= 15 is 0 Å². The number of hydrogen-bond acceptors (Lipinski definition) is 3. The number of nitrogens with two attached hydrogens (primary N) is 1. The molecule has 0 unspecified atom stereocenters. The van der Waals surface area contributed by atoms with E-state index in [2.05, 4.69) is 4.98 Å². The molecule has 76 valence electrons. The van der Waals surface area contributed by atoms with E-state index in [9.17, 15) is 0 Å². The maximum Gasteiger partial charge on any atom is 0.147 e. The van der Waals surface area contributed by atoms with Crippen LogP contribution in [0.5, 0.6) is 0 Å². The van der Waals surface area contributed by atoms with Gasteiger partial charge in [-0.05, 0) is 13.0 Å². The first-order chi connectivity index (χ1) is 6.57. The minimum absolute atomic E-state index is 0.0387. The predicted octanol–water partition coefficient (Wildman–Crippen LogP) is 1.48. The van der Waals surface area contributed by atoms with Crippen molar-refractivity contribution in [2.45, 2.75) is 6.92 Å². The molecule has 0 aromatic carbocycles. The molecule has 0 aliphatic carbocycles. The highest BCUT2D eigenvalue weighted by molar-refractivity contribution is 6.36. The molecule has 0 amide bonds. The Labute approximate surface area is 88.2 Å². The largest absolute Gasteiger partial charge is 0.384 e. The molecule has 1 aromatic heterocycles. The molecule has 1 heterocycles. The summed E-state index contributed by atoms with van der Waals surface area (Å²) in [4.78, 5) is 6.03. The van der Waals surface area contributed by atoms with E-state index in [0.29, 0.717) is 16.4 Å². The molecule has 0 spiro atoms. The van der Waals surface area contributed by atoms with E-state index in [0.717, 1.165) is 6.54 Å². The fourth-order valence-corrected chi connectivity index (χ4v) is 1.41. The molecule has 0 saturated heterocycles. The number of anilines is 1. The third-order valence-corrected chi connectivity index (χ3v) is 2.37. The fraction of sp³-hybridized carbons (Fsp3) is 0.333. The lowest BCUT2D eigenvalue weighted by molar-refractivity contribution is 0.938. The van der Waals surface area contributed by atoms with Crippen LogP contribution in [-0.4, -0.2) is 24.4 Å². The maximum absolute atomic E-state index is 7.32. The number of nitrogens with zero attached hydrogens (tertiary/aromatic N) is 2. The Morgan fingerprint density at radius 3 is 2.86 bits per heavy atom. The molecule has 4 nitrogen and oxygen atoms in total. The Morgan fingerprint density at radius 2 is 2.36 bits per heavy atom. The van der Waals surface area contributed by atoms with Crippen LogP contribution >= 0.6 is 11.6 Å². The van der Waals surface area contributed by atoms with Crippen LogP contribution in [0.3, 0.4) is 0 Å². The highest BCUT2D eigenvalue weighted by Crippen LogP contribution is 2.25. The predicted molar refractivity (Wildman–Crippen MR) is 59.2 cm³/mol. The summed E-state index contributed by atoms with van der Waals surface area (Å²) in [7, 11) is 1.89. The monoisotopic (exact) mass is 212 g/mol. The molecule has 0 radical (unpaired) electrons. The molecular weight excluding hydrogens is 200 g/mol. The number of rotatable bonds is 3. The molecule has 5 heteroatoms. The summed E-state index contributed by atoms with van der Waals surface area (Å²) in [6.07, 6.45) is 1.60. The van der Waals surface area contributed by atoms with Crippen molar-refractivity contribution in [2.24, 2.45) is 5.73 Å². The van der Waals surface area contributed by atoms with Gasteiger partial charge in [-0.3, -0.25) is 5.41 Å². The molecule has 0 bridgehead atoms. The van der Waals surface area contributed by atoms with Crippen molar-refractivity contribution >= 4 is 23.3 Å². The van der Waals surface area contributed by atoms with Gasteiger partial charge in [0.15, 0.2) is 0 Å². The molecule has 1 aromatic rings. The van der Waals surface area contributed by atoms with Gasteiger partial charge in [-0.1, -0.05) is 11.6 Å². The van der Waals surface area contributed by atoms with Crippen molar-refractivity contribution in [3.63, 3.8) is 0 Å². The van der Waals surface area contributed by atoms with Crippen molar-refractivity contribution < 1.29 is 0 Å². The van der Waals surface area contributed by atoms with Crippen molar-refractivity contribution in [2.75, 3.05) is 18.5 Å². The highest BCUT2D eigenvalue weighted by atomic mass is 35.5. The van der Waals surface area contributed by atoms with Gasteiger partial charge in [-0.15, -0.1) is 0 Å². The minimum atomic E-state index is -0.0387. The van der Waals surface area contributed by atoms with E-state index in [1.807, 2.05) is 18.9 Å². The van der Waals surface area contributed by atoms with Crippen LogP contribution in [0.1, 0.15) is 12.5 Å². The smallest absolute Gasteiger partial charge is 0.147 e. The van der Waals surface area contributed by atoms with Crippen LogP contribution in [-0.2, 0) is 0 Å². The standard InChI is InChI=1S/C9H13ClN4/c1-3-14(2)9-7(10)6(8(11)12)4-5-13-9/h4-5H,3H2,1-2H3,(H3,11,12). The second-order valence-corrected chi connectivity index (χ2v) is 3.30. The van der Waals surface area contributed by atoms with Crippen LogP contribution in [0.25, 0.3) is 0 Å². The number of nitrogens with one attached hydrogen (secondary N) is 1. The van der Waals surface area contributed by atoms with E-state index in [-0.39, 0.29) is 5.84 Å². The fourth-order valence-electron chi connectivity index (χ4n) is 1.06. The number of hydrogen-bond donors (Lipinski definition) is 2. The first-order valence-electron chi connectivity index (χ1n) is 4.28. The summed E-state index contributed by atoms with van der Waals surface area (Å²) in [5, 5.41) is 7.75. The summed E-state index contributed by atoms with van der Waals surface area (Å²) in [6.45, 7) is 2.80. The summed E-state index contributed by atoms with van der Waals surface area (Å²) >= 11 is 6.05. The van der Waals surface area contributed by atoms with Crippen molar-refractivity contribution in [3.05, 3.63) is 22.8 Å². The van der Waals surface area contributed by atoms with Crippen molar-refractivity contribution in [1.29, 1.82) is 5.41 Å². The lowest BCUT2D eigenvalue weighted by Gasteiger charge is -2.17. The van der Waals surface area contributed by atoms with Gasteiger partial charge in [0.1, 0.15) is 11.7 Å². The van der Waals surface area contributed by atoms with Gasteiger partial charge in [0.25, 0.3) is 0 Å². The quantitative estimate of drug-likeness (QED) is 0.589. The Hall–Kier alpha value is -1.29. The summed E-state index contributed by atoms with van der Waals surface area (Å²) in [5.74, 6) is 0.616. The molecule has 0 aliphatic heterocycles. The molecule has 1 rings (SSSR count). The number of amidine groups is 1. The molecular formula is C9H13ClN4. The normalized spacial score (nSPS) is 9.93.